The zero-order valence-electron chi connectivity index (χ0n) is 7.57. The molecular formula is C9H15N5. The van der Waals surface area contributed by atoms with E-state index in [0.29, 0.717) is 5.69 Å². The van der Waals surface area contributed by atoms with Gasteiger partial charge < -0.3 is 0 Å². The summed E-state index contributed by atoms with van der Waals surface area (Å²) in [6.45, 7) is 3.39. The minimum atomic E-state index is 0. The summed E-state index contributed by atoms with van der Waals surface area (Å²) in [6, 6.07) is 3.53. The summed E-state index contributed by atoms with van der Waals surface area (Å²) < 4.78 is 0. The zero-order chi connectivity index (χ0) is 9.84. The summed E-state index contributed by atoms with van der Waals surface area (Å²) in [6.07, 6.45) is 1.67. The van der Waals surface area contributed by atoms with E-state index >= 15 is 0 Å². The Morgan fingerprint density at radius 2 is 2.21 bits per heavy atom. The molecule has 0 aliphatic rings. The van der Waals surface area contributed by atoms with Gasteiger partial charge in [0.05, 0.1) is 11.4 Å². The number of rotatable bonds is 2. The van der Waals surface area contributed by atoms with E-state index in [9.17, 15) is 0 Å². The molecule has 0 aliphatic carbocycles. The number of aryl methyl sites for hydroxylation is 1. The highest BCUT2D eigenvalue weighted by Gasteiger charge is 2.09. The highest BCUT2D eigenvalue weighted by molar-refractivity contribution is 5.93. The fourth-order valence-corrected chi connectivity index (χ4v) is 1.01. The summed E-state index contributed by atoms with van der Waals surface area (Å²) >= 11 is 0. The van der Waals surface area contributed by atoms with Crippen LogP contribution in [0.3, 0.4) is 0 Å². The van der Waals surface area contributed by atoms with Crippen LogP contribution in [-0.2, 0) is 0 Å². The van der Waals surface area contributed by atoms with Crippen LogP contribution in [0.15, 0.2) is 23.6 Å². The molecule has 1 aromatic heterocycles. The molecule has 76 valence electrons. The Kier molecular flexibility index (Phi) is 4.42. The van der Waals surface area contributed by atoms with Gasteiger partial charge in [0.2, 0.25) is 0 Å². The van der Waals surface area contributed by atoms with Gasteiger partial charge in [0.25, 0.3) is 0 Å². The van der Waals surface area contributed by atoms with Gasteiger partial charge in [-0.15, -0.1) is 0 Å². The molecule has 1 aromatic rings. The van der Waals surface area contributed by atoms with Gasteiger partial charge >= 0.3 is 0 Å². The maximum absolute atomic E-state index is 7.37. The molecule has 1 heterocycles. The van der Waals surface area contributed by atoms with Crippen LogP contribution in [0, 0.1) is 17.9 Å². The Morgan fingerprint density at radius 1 is 1.57 bits per heavy atom. The van der Waals surface area contributed by atoms with Crippen molar-refractivity contribution < 1.29 is 0 Å². The van der Waals surface area contributed by atoms with E-state index in [0.717, 1.165) is 5.69 Å². The van der Waals surface area contributed by atoms with Gasteiger partial charge in [-0.2, -0.15) is 5.53 Å². The molecule has 0 aliphatic heterocycles. The Hall–Kier alpha value is -1.78. The summed E-state index contributed by atoms with van der Waals surface area (Å²) in [5.41, 5.74) is 8.33. The number of aromatic nitrogens is 1. The van der Waals surface area contributed by atoms with Gasteiger partial charge in [0.1, 0.15) is 5.84 Å². The molecular weight excluding hydrogens is 178 g/mol. The first kappa shape index (κ1) is 12.2. The monoisotopic (exact) mass is 193 g/mol. The third kappa shape index (κ3) is 2.35. The first-order valence-corrected chi connectivity index (χ1v) is 3.81. The summed E-state index contributed by atoms with van der Waals surface area (Å²) in [5.74, 6) is 0.200. The minimum Gasteiger partial charge on any atom is -0.287 e. The van der Waals surface area contributed by atoms with Crippen LogP contribution < -0.4 is 5.01 Å². The van der Waals surface area contributed by atoms with Crippen molar-refractivity contribution in [2.24, 2.45) is 5.22 Å². The van der Waals surface area contributed by atoms with Crippen molar-refractivity contribution >= 4 is 11.5 Å². The molecule has 0 bridgehead atoms. The molecule has 0 amide bonds. The van der Waals surface area contributed by atoms with Crippen molar-refractivity contribution in [1.82, 2.24) is 4.98 Å². The van der Waals surface area contributed by atoms with Crippen molar-refractivity contribution in [2.45, 2.75) is 21.3 Å². The van der Waals surface area contributed by atoms with E-state index in [1.807, 2.05) is 6.92 Å². The predicted octanol–water partition coefficient (Wildman–Crippen LogP) is 2.78. The highest BCUT2D eigenvalue weighted by atomic mass is 15.5. The maximum Gasteiger partial charge on any atom is 0.121 e. The van der Waals surface area contributed by atoms with E-state index in [1.54, 1.807) is 25.3 Å². The summed E-state index contributed by atoms with van der Waals surface area (Å²) in [7, 11) is 0. The summed E-state index contributed by atoms with van der Waals surface area (Å²) in [5, 5.41) is 11.8. The Balaban J connectivity index is 0.00000169. The number of hydrogen-bond acceptors (Lipinski definition) is 4. The maximum atomic E-state index is 7.37. The summed E-state index contributed by atoms with van der Waals surface area (Å²) in [4.78, 5) is 4.05. The zero-order valence-corrected chi connectivity index (χ0v) is 7.57. The van der Waals surface area contributed by atoms with E-state index in [4.69, 9.17) is 10.9 Å². The first-order valence-electron chi connectivity index (χ1n) is 3.81. The molecule has 1 rings (SSSR count). The lowest BCUT2D eigenvalue weighted by molar-refractivity contribution is 0.923. The second-order valence-corrected chi connectivity index (χ2v) is 2.61. The lowest BCUT2D eigenvalue weighted by atomic mass is 10.3. The molecule has 5 heteroatoms. The third-order valence-electron chi connectivity index (χ3n) is 1.62. The number of anilines is 1. The molecule has 0 unspecified atom stereocenters. The molecule has 2 N–H and O–H groups in total. The van der Waals surface area contributed by atoms with E-state index in [2.05, 4.69) is 10.2 Å². The average Bonchev–Trinajstić information content (AvgIpc) is 2.09. The fraction of sp³-hybridized carbons (Fsp3) is 0.333. The lowest BCUT2D eigenvalue weighted by Gasteiger charge is -2.15. The number of nitrogens with one attached hydrogen (secondary N) is 2. The van der Waals surface area contributed by atoms with Crippen LogP contribution in [-0.4, -0.2) is 10.8 Å². The third-order valence-corrected chi connectivity index (χ3v) is 1.62. The van der Waals surface area contributed by atoms with Gasteiger partial charge in [-0.1, -0.05) is 12.6 Å². The second kappa shape index (κ2) is 5.06. The molecule has 0 saturated heterocycles. The Morgan fingerprint density at radius 3 is 2.64 bits per heavy atom. The van der Waals surface area contributed by atoms with Crippen molar-refractivity contribution in [3.8, 4) is 0 Å². The van der Waals surface area contributed by atoms with Gasteiger partial charge in [-0.25, -0.2) is 5.01 Å². The molecule has 5 nitrogen and oxygen atoms in total. The fourth-order valence-electron chi connectivity index (χ4n) is 1.01. The molecule has 0 atom stereocenters. The number of pyridine rings is 1. The van der Waals surface area contributed by atoms with E-state index in [1.165, 1.54) is 5.01 Å². The molecule has 14 heavy (non-hydrogen) atoms. The van der Waals surface area contributed by atoms with Gasteiger partial charge in [-0.05, 0) is 26.0 Å². The molecule has 0 aromatic carbocycles. The number of hydrogen-bond donors (Lipinski definition) is 2. The quantitative estimate of drug-likeness (QED) is 0.328. The van der Waals surface area contributed by atoms with Gasteiger partial charge in [0.15, 0.2) is 0 Å². The van der Waals surface area contributed by atoms with Crippen LogP contribution in [0.5, 0.6) is 0 Å². The van der Waals surface area contributed by atoms with Crippen LogP contribution in [0.2, 0.25) is 0 Å². The normalized spacial score (nSPS) is 8.71. The van der Waals surface area contributed by atoms with Crippen molar-refractivity contribution in [2.75, 3.05) is 5.01 Å². The van der Waals surface area contributed by atoms with Crippen LogP contribution in [0.25, 0.3) is 0 Å². The van der Waals surface area contributed by atoms with Crippen molar-refractivity contribution in [3.63, 3.8) is 0 Å². The molecule has 0 saturated carbocycles. The standard InChI is InChI=1S/C8H11N5.CH4/c1-6-8(4-3-5-11-6)13(12-10)7(2)9;/h3-5,9-10H,1-2H3;1H4. The van der Waals surface area contributed by atoms with Crippen LogP contribution >= 0.6 is 0 Å². The second-order valence-electron chi connectivity index (χ2n) is 2.61. The van der Waals surface area contributed by atoms with E-state index < -0.39 is 0 Å². The average molecular weight is 193 g/mol. The largest absolute Gasteiger partial charge is 0.287 e. The lowest BCUT2D eigenvalue weighted by Crippen LogP contribution is -2.21. The molecule has 0 spiro atoms. The Bertz CT molecular complexity index is 334. The van der Waals surface area contributed by atoms with Crippen LogP contribution in [0.4, 0.5) is 5.69 Å². The first-order chi connectivity index (χ1) is 6.16. The number of nitrogens with zero attached hydrogens (tertiary/aromatic N) is 3. The van der Waals surface area contributed by atoms with Gasteiger partial charge in [0, 0.05) is 6.20 Å². The molecule has 0 fully saturated rings. The Labute approximate surface area is 83.8 Å². The van der Waals surface area contributed by atoms with E-state index in [-0.39, 0.29) is 13.3 Å². The molecule has 0 radical (unpaired) electrons. The SMILES string of the molecule is C.CC(=N)N(N=N)c1cccnc1C. The van der Waals surface area contributed by atoms with Crippen molar-refractivity contribution in [1.29, 1.82) is 10.9 Å². The smallest absolute Gasteiger partial charge is 0.121 e. The minimum absolute atomic E-state index is 0. The topological polar surface area (TPSA) is 76.2 Å². The predicted molar refractivity (Wildman–Crippen MR) is 56.7 cm³/mol. The van der Waals surface area contributed by atoms with Crippen molar-refractivity contribution in [3.05, 3.63) is 24.0 Å². The van der Waals surface area contributed by atoms with Gasteiger partial charge in [-0.3, -0.25) is 10.4 Å². The number of amidine groups is 1. The highest BCUT2D eigenvalue weighted by Crippen LogP contribution is 2.17. The van der Waals surface area contributed by atoms with Crippen LogP contribution in [0.1, 0.15) is 20.0 Å².